The molecule has 2 bridgehead atoms. The molecule has 7 nitrogen and oxygen atoms in total. The number of fused-ring (bicyclic) bond motifs is 3. The van der Waals surface area contributed by atoms with Gasteiger partial charge in [-0.25, -0.2) is 4.79 Å². The van der Waals surface area contributed by atoms with Gasteiger partial charge in [-0.1, -0.05) is 18.2 Å². The summed E-state index contributed by atoms with van der Waals surface area (Å²) < 4.78 is 15.3. The van der Waals surface area contributed by atoms with E-state index in [1.165, 1.54) is 0 Å². The van der Waals surface area contributed by atoms with Crippen LogP contribution >= 0.6 is 0 Å². The van der Waals surface area contributed by atoms with Crippen molar-refractivity contribution in [1.29, 1.82) is 0 Å². The van der Waals surface area contributed by atoms with Gasteiger partial charge >= 0.3 is 5.97 Å². The average molecular weight is 366 g/mol. The lowest BCUT2D eigenvalue weighted by Crippen LogP contribution is -2.56. The second kappa shape index (κ2) is 6.51. The maximum absolute atomic E-state index is 13.0. The molecule has 4 heterocycles. The Hall–Kier alpha value is -2.64. The molecule has 2 aliphatic rings. The first-order chi connectivity index (χ1) is 13.2. The van der Waals surface area contributed by atoms with E-state index < -0.39 is 0 Å². The summed E-state index contributed by atoms with van der Waals surface area (Å²) in [5, 5.41) is 8.66. The lowest BCUT2D eigenvalue weighted by atomic mass is 9.94. The van der Waals surface area contributed by atoms with E-state index in [0.717, 1.165) is 29.6 Å². The van der Waals surface area contributed by atoms with Crippen LogP contribution in [0.3, 0.4) is 0 Å². The number of carbonyl (C=O) groups is 1. The predicted octanol–water partition coefficient (Wildman–Crippen LogP) is 2.04. The molecule has 0 amide bonds. The Morgan fingerprint density at radius 3 is 2.74 bits per heavy atom. The van der Waals surface area contributed by atoms with Gasteiger partial charge in [-0.05, 0) is 6.07 Å². The minimum absolute atomic E-state index is 0.0727. The number of hydrogen-bond acceptors (Lipinski definition) is 5. The number of morpholine rings is 1. The molecule has 1 N–H and O–H groups in total. The molecule has 0 spiro atoms. The van der Waals surface area contributed by atoms with E-state index in [4.69, 9.17) is 9.47 Å². The van der Waals surface area contributed by atoms with E-state index in [1.54, 1.807) is 10.9 Å². The predicted molar refractivity (Wildman–Crippen MR) is 100 cm³/mol. The highest BCUT2D eigenvalue weighted by Gasteiger charge is 2.34. The van der Waals surface area contributed by atoms with Crippen LogP contribution in [0.1, 0.15) is 23.2 Å². The van der Waals surface area contributed by atoms with Crippen LogP contribution < -0.4 is 5.32 Å². The Morgan fingerprint density at radius 1 is 1.22 bits per heavy atom. The summed E-state index contributed by atoms with van der Waals surface area (Å²) in [6.45, 7) is 1.37. The second-order valence-electron chi connectivity index (χ2n) is 7.34. The maximum atomic E-state index is 13.0. The Labute approximate surface area is 156 Å². The van der Waals surface area contributed by atoms with Gasteiger partial charge in [0.25, 0.3) is 0 Å². The first-order valence-corrected chi connectivity index (χ1v) is 9.32. The van der Waals surface area contributed by atoms with Crippen LogP contribution in [0.5, 0.6) is 0 Å². The minimum atomic E-state index is -0.266. The van der Waals surface area contributed by atoms with Crippen LogP contribution in [0.4, 0.5) is 0 Å². The lowest BCUT2D eigenvalue weighted by Gasteiger charge is -2.39. The molecule has 1 aromatic carbocycles. The fourth-order valence-corrected chi connectivity index (χ4v) is 4.23. The van der Waals surface area contributed by atoms with Crippen LogP contribution in [0, 0.1) is 0 Å². The van der Waals surface area contributed by atoms with Crippen LogP contribution in [0.15, 0.2) is 42.7 Å². The second-order valence-corrected chi connectivity index (χ2v) is 7.34. The van der Waals surface area contributed by atoms with Crippen LogP contribution in [0.25, 0.3) is 16.7 Å². The zero-order chi connectivity index (χ0) is 18.4. The number of piperidine rings is 1. The summed E-state index contributed by atoms with van der Waals surface area (Å²) >= 11 is 0. The fourth-order valence-electron chi connectivity index (χ4n) is 4.23. The molecule has 2 saturated heterocycles. The van der Waals surface area contributed by atoms with Gasteiger partial charge in [0, 0.05) is 49.6 Å². The Bertz CT molecular complexity index is 980. The van der Waals surface area contributed by atoms with E-state index in [0.29, 0.717) is 18.8 Å². The zero-order valence-corrected chi connectivity index (χ0v) is 15.2. The molecule has 2 fully saturated rings. The van der Waals surface area contributed by atoms with Crippen LogP contribution in [0.2, 0.25) is 0 Å². The van der Waals surface area contributed by atoms with E-state index in [9.17, 15) is 4.79 Å². The van der Waals surface area contributed by atoms with Crippen LogP contribution in [-0.4, -0.2) is 51.7 Å². The molecular formula is C20H22N4O3. The number of rotatable bonds is 3. The van der Waals surface area contributed by atoms with Gasteiger partial charge in [-0.3, -0.25) is 4.68 Å². The highest BCUT2D eigenvalue weighted by molar-refractivity contribution is 6.04. The van der Waals surface area contributed by atoms with Gasteiger partial charge in [0.1, 0.15) is 11.9 Å². The molecule has 1 unspecified atom stereocenters. The minimum Gasteiger partial charge on any atom is -0.459 e. The van der Waals surface area contributed by atoms with Crippen molar-refractivity contribution in [3.05, 3.63) is 48.3 Å². The van der Waals surface area contributed by atoms with E-state index in [-0.39, 0.29) is 24.2 Å². The highest BCUT2D eigenvalue weighted by atomic mass is 16.5. The largest absolute Gasteiger partial charge is 0.459 e. The van der Waals surface area contributed by atoms with E-state index in [1.807, 2.05) is 48.1 Å². The third-order valence-electron chi connectivity index (χ3n) is 5.45. The van der Waals surface area contributed by atoms with Crippen molar-refractivity contribution in [2.24, 2.45) is 7.05 Å². The fraction of sp³-hybridized carbons (Fsp3) is 0.400. The molecule has 0 aliphatic carbocycles. The molecule has 3 aromatic rings. The Morgan fingerprint density at radius 2 is 2.00 bits per heavy atom. The van der Waals surface area contributed by atoms with Crippen molar-refractivity contribution in [2.75, 3.05) is 13.2 Å². The number of nitrogens with zero attached hydrogens (tertiary/aromatic N) is 3. The number of esters is 1. The maximum Gasteiger partial charge on any atom is 0.340 e. The Kier molecular flexibility index (Phi) is 3.98. The first kappa shape index (κ1) is 16.5. The number of nitrogens with one attached hydrogen (secondary N) is 1. The molecule has 2 aromatic heterocycles. The van der Waals surface area contributed by atoms with Crippen molar-refractivity contribution < 1.29 is 14.3 Å². The highest BCUT2D eigenvalue weighted by Crippen LogP contribution is 2.27. The third-order valence-corrected chi connectivity index (χ3v) is 5.45. The zero-order valence-electron chi connectivity index (χ0n) is 15.2. The molecule has 2 aliphatic heterocycles. The number of hydrogen-bond donors (Lipinski definition) is 1. The van der Waals surface area contributed by atoms with Crippen molar-refractivity contribution in [1.82, 2.24) is 19.7 Å². The van der Waals surface area contributed by atoms with Gasteiger partial charge in [-0.15, -0.1) is 0 Å². The van der Waals surface area contributed by atoms with Gasteiger partial charge in [0.05, 0.1) is 30.5 Å². The summed E-state index contributed by atoms with van der Waals surface area (Å²) in [7, 11) is 1.89. The van der Waals surface area contributed by atoms with Crippen molar-refractivity contribution >= 4 is 16.9 Å². The molecule has 5 rings (SSSR count). The van der Waals surface area contributed by atoms with Crippen molar-refractivity contribution in [2.45, 2.75) is 31.0 Å². The number of aryl methyl sites for hydroxylation is 1. The first-order valence-electron chi connectivity index (χ1n) is 9.32. The number of ether oxygens (including phenoxy) is 2. The molecule has 0 radical (unpaired) electrons. The topological polar surface area (TPSA) is 70.3 Å². The monoisotopic (exact) mass is 366 g/mol. The van der Waals surface area contributed by atoms with Crippen molar-refractivity contribution in [3.8, 4) is 5.82 Å². The van der Waals surface area contributed by atoms with Crippen LogP contribution in [-0.2, 0) is 16.5 Å². The molecule has 0 saturated carbocycles. The SMILES string of the molecule is Cn1nccc1-n1cc(C(=O)OC2C[C@H]3COC[C@@H](C2)N3)c2ccccc21. The molecule has 7 heteroatoms. The molecule has 27 heavy (non-hydrogen) atoms. The van der Waals surface area contributed by atoms with Gasteiger partial charge in [-0.2, -0.15) is 5.10 Å². The summed E-state index contributed by atoms with van der Waals surface area (Å²) in [4.78, 5) is 13.0. The normalized spacial score (nSPS) is 24.9. The number of para-hydroxylation sites is 1. The lowest BCUT2D eigenvalue weighted by molar-refractivity contribution is -0.0339. The number of benzene rings is 1. The summed E-state index contributed by atoms with van der Waals surface area (Å²) in [5.41, 5.74) is 1.55. The average Bonchev–Trinajstić information content (AvgIpc) is 3.25. The standard InChI is InChI=1S/C20H22N4O3/c1-23-19(6-7-21-23)24-10-17(16-4-2-3-5-18(16)24)20(25)27-15-8-13-11-26-12-14(9-15)22-13/h2-7,10,13-15,22H,8-9,11-12H2,1H3/t13-,14+,15?. The molecule has 140 valence electrons. The third kappa shape index (κ3) is 2.93. The Balaban J connectivity index is 1.46. The summed E-state index contributed by atoms with van der Waals surface area (Å²) in [5.74, 6) is 0.636. The van der Waals surface area contributed by atoms with Gasteiger partial charge < -0.3 is 19.4 Å². The van der Waals surface area contributed by atoms with Gasteiger partial charge in [0.2, 0.25) is 0 Å². The number of carbonyl (C=O) groups excluding carboxylic acids is 1. The molecule has 3 atom stereocenters. The van der Waals surface area contributed by atoms with Crippen molar-refractivity contribution in [3.63, 3.8) is 0 Å². The van der Waals surface area contributed by atoms with E-state index >= 15 is 0 Å². The number of aromatic nitrogens is 3. The summed E-state index contributed by atoms with van der Waals surface area (Å²) in [6, 6.07) is 10.3. The van der Waals surface area contributed by atoms with E-state index in [2.05, 4.69) is 10.4 Å². The quantitative estimate of drug-likeness (QED) is 0.719. The molecular weight excluding hydrogens is 344 g/mol. The van der Waals surface area contributed by atoms with Gasteiger partial charge in [0.15, 0.2) is 0 Å². The summed E-state index contributed by atoms with van der Waals surface area (Å²) in [6.07, 6.45) is 5.12. The smallest absolute Gasteiger partial charge is 0.340 e.